The summed E-state index contributed by atoms with van der Waals surface area (Å²) in [6, 6.07) is 12.0. The molecule has 2 nitrogen and oxygen atoms in total. The molecule has 0 unspecified atom stereocenters. The lowest BCUT2D eigenvalue weighted by Gasteiger charge is -2.07. The van der Waals surface area contributed by atoms with Crippen molar-refractivity contribution in [3.63, 3.8) is 0 Å². The maximum absolute atomic E-state index is 12.6. The number of nitrogens with zero attached hydrogens (tertiary/aromatic N) is 1. The second-order valence-corrected chi connectivity index (χ2v) is 4.63. The van der Waals surface area contributed by atoms with Gasteiger partial charge in [-0.3, -0.25) is 4.79 Å². The number of carbonyl (C=O) groups excluding carboxylic acids is 1. The van der Waals surface area contributed by atoms with Gasteiger partial charge in [0.25, 0.3) is 0 Å². The lowest BCUT2D eigenvalue weighted by atomic mass is 10.0. The Morgan fingerprint density at radius 2 is 1.71 bits per heavy atom. The fraction of sp³-hybridized carbons (Fsp3) is 0.0625. The molecule has 0 bridgehead atoms. The zero-order valence-electron chi connectivity index (χ0n) is 10.8. The van der Waals surface area contributed by atoms with Crippen molar-refractivity contribution in [3.05, 3.63) is 66.0 Å². The third kappa shape index (κ3) is 2.31. The smallest absolute Gasteiger partial charge is 0.314 e. The Labute approximate surface area is 118 Å². The number of rotatable bonds is 2. The van der Waals surface area contributed by atoms with Gasteiger partial charge in [-0.25, -0.2) is 0 Å². The molecule has 0 fully saturated rings. The van der Waals surface area contributed by atoms with Gasteiger partial charge in [-0.05, 0) is 35.9 Å². The molecule has 5 heteroatoms. The second kappa shape index (κ2) is 4.77. The number of alkyl halides is 3. The fourth-order valence-electron chi connectivity index (χ4n) is 2.34. The summed E-state index contributed by atoms with van der Waals surface area (Å²) in [6.07, 6.45) is -1.91. The Morgan fingerprint density at radius 3 is 2.33 bits per heavy atom. The Kier molecular flexibility index (Phi) is 3.05. The van der Waals surface area contributed by atoms with Crippen molar-refractivity contribution in [2.75, 3.05) is 0 Å². The summed E-state index contributed by atoms with van der Waals surface area (Å²) in [5.74, 6) is 0. The van der Waals surface area contributed by atoms with Gasteiger partial charge >= 0.3 is 6.18 Å². The highest BCUT2D eigenvalue weighted by atomic mass is 19.4. The van der Waals surface area contributed by atoms with Gasteiger partial charge in [0.05, 0.1) is 11.3 Å². The third-order valence-electron chi connectivity index (χ3n) is 3.35. The first-order valence-electron chi connectivity index (χ1n) is 6.23. The molecule has 2 aromatic heterocycles. The molecule has 2 heterocycles. The Hall–Kier alpha value is -2.56. The summed E-state index contributed by atoms with van der Waals surface area (Å²) in [6.45, 7) is 0. The molecule has 0 aliphatic rings. The summed E-state index contributed by atoms with van der Waals surface area (Å²) in [5, 5.41) is 0. The first kappa shape index (κ1) is 13.4. The maximum atomic E-state index is 12.6. The summed E-state index contributed by atoms with van der Waals surface area (Å²) in [5.41, 5.74) is 1.72. The summed E-state index contributed by atoms with van der Waals surface area (Å²) in [4.78, 5) is 11.3. The molecular formula is C16H10F3NO. The monoisotopic (exact) mass is 289 g/mol. The van der Waals surface area contributed by atoms with Gasteiger partial charge in [0.1, 0.15) is 0 Å². The molecule has 0 saturated heterocycles. The quantitative estimate of drug-likeness (QED) is 0.639. The summed E-state index contributed by atoms with van der Waals surface area (Å²) in [7, 11) is 0. The van der Waals surface area contributed by atoms with Crippen molar-refractivity contribution in [1.82, 2.24) is 4.40 Å². The molecule has 0 atom stereocenters. The standard InChI is InChI=1S/C16H10F3NO/c17-16(18,19)12-6-4-11(5-7-12)14-9-13-3-1-2-8-20(13)15(14)10-21/h1-10H. The maximum Gasteiger partial charge on any atom is 0.416 e. The van der Waals surface area contributed by atoms with Crippen molar-refractivity contribution < 1.29 is 18.0 Å². The molecule has 1 aromatic carbocycles. The van der Waals surface area contributed by atoms with Crippen LogP contribution in [0.15, 0.2) is 54.7 Å². The normalized spacial score (nSPS) is 11.8. The van der Waals surface area contributed by atoms with Crippen LogP contribution in [0.3, 0.4) is 0 Å². The van der Waals surface area contributed by atoms with Crippen molar-refractivity contribution in [1.29, 1.82) is 0 Å². The predicted molar refractivity (Wildman–Crippen MR) is 73.2 cm³/mol. The SMILES string of the molecule is O=Cc1c(-c2ccc(C(F)(F)F)cc2)cc2ccccn12. The van der Waals surface area contributed by atoms with Crippen LogP contribution in [-0.2, 0) is 6.18 Å². The predicted octanol–water partition coefficient (Wildman–Crippen LogP) is 4.44. The number of aromatic nitrogens is 1. The van der Waals surface area contributed by atoms with Crippen LogP contribution in [0.4, 0.5) is 13.2 Å². The molecule has 21 heavy (non-hydrogen) atoms. The van der Waals surface area contributed by atoms with E-state index in [1.807, 2.05) is 12.1 Å². The van der Waals surface area contributed by atoms with Crippen molar-refractivity contribution >= 4 is 11.8 Å². The highest BCUT2D eigenvalue weighted by Gasteiger charge is 2.30. The average molecular weight is 289 g/mol. The molecule has 0 spiro atoms. The number of hydrogen-bond donors (Lipinski definition) is 0. The van der Waals surface area contributed by atoms with E-state index in [-0.39, 0.29) is 0 Å². The molecule has 0 N–H and O–H groups in total. The Balaban J connectivity index is 2.14. The summed E-state index contributed by atoms with van der Waals surface area (Å²) >= 11 is 0. The van der Waals surface area contributed by atoms with E-state index in [4.69, 9.17) is 0 Å². The van der Waals surface area contributed by atoms with E-state index >= 15 is 0 Å². The molecular weight excluding hydrogens is 279 g/mol. The fourth-order valence-corrected chi connectivity index (χ4v) is 2.34. The topological polar surface area (TPSA) is 21.5 Å². The van der Waals surface area contributed by atoms with Crippen LogP contribution >= 0.6 is 0 Å². The average Bonchev–Trinajstić information content (AvgIpc) is 2.85. The summed E-state index contributed by atoms with van der Waals surface area (Å²) < 4.78 is 39.4. The number of pyridine rings is 1. The van der Waals surface area contributed by atoms with E-state index in [1.165, 1.54) is 12.1 Å². The highest BCUT2D eigenvalue weighted by molar-refractivity contribution is 5.89. The molecule has 3 rings (SSSR count). The van der Waals surface area contributed by atoms with Crippen molar-refractivity contribution in [2.24, 2.45) is 0 Å². The van der Waals surface area contributed by atoms with Crippen LogP contribution in [0.2, 0.25) is 0 Å². The number of hydrogen-bond acceptors (Lipinski definition) is 1. The van der Waals surface area contributed by atoms with Crippen LogP contribution in [0, 0.1) is 0 Å². The van der Waals surface area contributed by atoms with E-state index in [0.29, 0.717) is 23.1 Å². The lowest BCUT2D eigenvalue weighted by Crippen LogP contribution is -2.04. The largest absolute Gasteiger partial charge is 0.416 e. The van der Waals surface area contributed by atoms with Gasteiger partial charge in [0.2, 0.25) is 0 Å². The van der Waals surface area contributed by atoms with Crippen LogP contribution in [0.25, 0.3) is 16.6 Å². The van der Waals surface area contributed by atoms with Crippen LogP contribution in [0.1, 0.15) is 16.1 Å². The highest BCUT2D eigenvalue weighted by Crippen LogP contribution is 2.32. The second-order valence-electron chi connectivity index (χ2n) is 4.63. The molecule has 0 radical (unpaired) electrons. The zero-order valence-corrected chi connectivity index (χ0v) is 10.8. The Morgan fingerprint density at radius 1 is 1.00 bits per heavy atom. The Bertz CT molecular complexity index is 800. The van der Waals surface area contributed by atoms with Crippen molar-refractivity contribution in [2.45, 2.75) is 6.18 Å². The molecule has 3 aromatic rings. The number of benzene rings is 1. The van der Waals surface area contributed by atoms with E-state index in [0.717, 1.165) is 17.6 Å². The van der Waals surface area contributed by atoms with Crippen LogP contribution in [-0.4, -0.2) is 10.7 Å². The number of carbonyl (C=O) groups is 1. The van der Waals surface area contributed by atoms with Gasteiger partial charge in [0, 0.05) is 17.3 Å². The first-order chi connectivity index (χ1) is 10.0. The lowest BCUT2D eigenvalue weighted by molar-refractivity contribution is -0.137. The van der Waals surface area contributed by atoms with Crippen LogP contribution < -0.4 is 0 Å². The number of halogens is 3. The number of aldehydes is 1. The van der Waals surface area contributed by atoms with Gasteiger partial charge in [0.15, 0.2) is 6.29 Å². The zero-order chi connectivity index (χ0) is 15.0. The number of fused-ring (bicyclic) bond motifs is 1. The van der Waals surface area contributed by atoms with E-state index in [9.17, 15) is 18.0 Å². The van der Waals surface area contributed by atoms with Gasteiger partial charge in [-0.2, -0.15) is 13.2 Å². The minimum atomic E-state index is -4.36. The van der Waals surface area contributed by atoms with E-state index in [2.05, 4.69) is 0 Å². The third-order valence-corrected chi connectivity index (χ3v) is 3.35. The van der Waals surface area contributed by atoms with Crippen molar-refractivity contribution in [3.8, 4) is 11.1 Å². The molecule has 0 aliphatic heterocycles. The molecule has 0 saturated carbocycles. The van der Waals surface area contributed by atoms with Gasteiger partial charge in [-0.15, -0.1) is 0 Å². The van der Waals surface area contributed by atoms with Gasteiger partial charge < -0.3 is 4.40 Å². The molecule has 0 aliphatic carbocycles. The van der Waals surface area contributed by atoms with Gasteiger partial charge in [-0.1, -0.05) is 18.2 Å². The van der Waals surface area contributed by atoms with Crippen LogP contribution in [0.5, 0.6) is 0 Å². The first-order valence-corrected chi connectivity index (χ1v) is 6.23. The molecule has 0 amide bonds. The molecule has 106 valence electrons. The minimum absolute atomic E-state index is 0.422. The van der Waals surface area contributed by atoms with E-state index < -0.39 is 11.7 Å². The van der Waals surface area contributed by atoms with E-state index in [1.54, 1.807) is 22.7 Å². The minimum Gasteiger partial charge on any atom is -0.314 e.